The molecule has 1 atom stereocenters. The third-order valence-corrected chi connectivity index (χ3v) is 4.12. The monoisotopic (exact) mass is 342 g/mol. The van der Waals surface area contributed by atoms with Gasteiger partial charge in [-0.2, -0.15) is 11.8 Å². The summed E-state index contributed by atoms with van der Waals surface area (Å²) in [6, 6.07) is -0.357. The summed E-state index contributed by atoms with van der Waals surface area (Å²) in [7, 11) is 1.30. The van der Waals surface area contributed by atoms with Gasteiger partial charge in [-0.25, -0.2) is 14.6 Å². The van der Waals surface area contributed by atoms with Gasteiger partial charge in [0.2, 0.25) is 0 Å². The number of esters is 1. The molecule has 0 fully saturated rings. The highest BCUT2D eigenvalue weighted by Crippen LogP contribution is 2.21. The summed E-state index contributed by atoms with van der Waals surface area (Å²) in [5, 5.41) is 5.48. The molecule has 0 bridgehead atoms. The first-order chi connectivity index (χ1) is 11.1. The maximum absolute atomic E-state index is 12.1. The molecule has 1 aliphatic heterocycles. The van der Waals surface area contributed by atoms with Crippen molar-refractivity contribution in [1.82, 2.24) is 14.9 Å². The number of urea groups is 1. The molecule has 1 aliphatic rings. The number of carbonyl (C=O) groups is 2. The van der Waals surface area contributed by atoms with E-state index in [0.29, 0.717) is 25.6 Å². The van der Waals surface area contributed by atoms with Crippen LogP contribution in [0.25, 0.3) is 0 Å². The van der Waals surface area contributed by atoms with Gasteiger partial charge in [0.15, 0.2) is 11.5 Å². The first kappa shape index (κ1) is 17.6. The number of hydrogen-bond acceptors (Lipinski definition) is 6. The van der Waals surface area contributed by atoms with Crippen LogP contribution in [0.15, 0.2) is 0 Å². The zero-order valence-corrected chi connectivity index (χ0v) is 14.4. The minimum Gasteiger partial charge on any atom is -0.464 e. The maximum Gasteiger partial charge on any atom is 0.358 e. The van der Waals surface area contributed by atoms with E-state index in [1.165, 1.54) is 7.11 Å². The molecule has 2 amide bonds. The molecule has 0 saturated heterocycles. The van der Waals surface area contributed by atoms with Gasteiger partial charge in [-0.3, -0.25) is 5.32 Å². The van der Waals surface area contributed by atoms with Gasteiger partial charge < -0.3 is 19.4 Å². The molecule has 8 nitrogen and oxygen atoms in total. The summed E-state index contributed by atoms with van der Waals surface area (Å²) in [6.45, 7) is 3.23. The van der Waals surface area contributed by atoms with Crippen molar-refractivity contribution in [2.75, 3.05) is 31.0 Å². The van der Waals surface area contributed by atoms with Crippen molar-refractivity contribution in [3.63, 3.8) is 0 Å². The van der Waals surface area contributed by atoms with Crippen molar-refractivity contribution in [3.05, 3.63) is 11.5 Å². The van der Waals surface area contributed by atoms with Crippen molar-refractivity contribution in [2.45, 2.75) is 32.5 Å². The van der Waals surface area contributed by atoms with Gasteiger partial charge >= 0.3 is 12.0 Å². The lowest BCUT2D eigenvalue weighted by atomic mass is 10.3. The zero-order valence-electron chi connectivity index (χ0n) is 13.5. The predicted molar refractivity (Wildman–Crippen MR) is 87.8 cm³/mol. The molecule has 2 rings (SSSR count). The molecule has 2 heterocycles. The number of anilines is 1. The number of carbonyl (C=O) groups excluding carboxylic acids is 2. The van der Waals surface area contributed by atoms with E-state index in [1.807, 2.05) is 13.2 Å². The van der Waals surface area contributed by atoms with Gasteiger partial charge in [-0.1, -0.05) is 0 Å². The number of aromatic nitrogens is 2. The summed E-state index contributed by atoms with van der Waals surface area (Å²) in [5.41, 5.74) is 0.248. The summed E-state index contributed by atoms with van der Waals surface area (Å²) < 4.78 is 11.9. The molecule has 23 heavy (non-hydrogen) atoms. The second kappa shape index (κ2) is 8.21. The lowest BCUT2D eigenvalue weighted by molar-refractivity contribution is 0.0559. The number of nitrogens with one attached hydrogen (secondary N) is 2. The minimum absolute atomic E-state index is 0.0320. The highest BCUT2D eigenvalue weighted by atomic mass is 32.2. The third-order valence-electron chi connectivity index (χ3n) is 3.48. The van der Waals surface area contributed by atoms with Gasteiger partial charge in [0.05, 0.1) is 13.7 Å². The second-order valence-corrected chi connectivity index (χ2v) is 6.19. The molecule has 0 radical (unpaired) electrons. The van der Waals surface area contributed by atoms with Crippen LogP contribution >= 0.6 is 11.8 Å². The van der Waals surface area contributed by atoms with Crippen molar-refractivity contribution in [1.29, 1.82) is 0 Å². The molecule has 128 valence electrons. The van der Waals surface area contributed by atoms with Gasteiger partial charge in [-0.05, 0) is 25.4 Å². The fraction of sp³-hybridized carbons (Fsp3) is 0.643. The second-order valence-electron chi connectivity index (χ2n) is 5.20. The van der Waals surface area contributed by atoms with E-state index in [-0.39, 0.29) is 23.6 Å². The number of nitrogens with zero attached hydrogens (tertiary/aromatic N) is 2. The lowest BCUT2D eigenvalue weighted by Crippen LogP contribution is -2.36. The average Bonchev–Trinajstić information content (AvgIpc) is 2.89. The molecule has 0 aromatic carbocycles. The number of imidazole rings is 1. The fourth-order valence-electron chi connectivity index (χ4n) is 2.29. The van der Waals surface area contributed by atoms with Crippen LogP contribution in [0.4, 0.5) is 10.6 Å². The van der Waals surface area contributed by atoms with Crippen molar-refractivity contribution < 1.29 is 19.1 Å². The topological polar surface area (TPSA) is 94.5 Å². The summed E-state index contributed by atoms with van der Waals surface area (Å²) in [5.74, 6) is 1.23. The van der Waals surface area contributed by atoms with E-state index >= 15 is 0 Å². The van der Waals surface area contributed by atoms with Crippen molar-refractivity contribution in [2.24, 2.45) is 0 Å². The molecule has 1 aromatic heterocycles. The number of fused-ring (bicyclic) bond motifs is 1. The number of methoxy groups -OCH3 is 1. The van der Waals surface area contributed by atoms with E-state index in [1.54, 1.807) is 16.3 Å². The zero-order chi connectivity index (χ0) is 16.8. The molecule has 0 spiro atoms. The van der Waals surface area contributed by atoms with Crippen LogP contribution in [0, 0.1) is 0 Å². The van der Waals surface area contributed by atoms with E-state index in [0.717, 1.165) is 12.2 Å². The van der Waals surface area contributed by atoms with Crippen LogP contribution in [0.3, 0.4) is 0 Å². The molecule has 0 aliphatic carbocycles. The van der Waals surface area contributed by atoms with Gasteiger partial charge in [-0.15, -0.1) is 0 Å². The predicted octanol–water partition coefficient (Wildman–Crippen LogP) is 1.46. The number of rotatable bonds is 6. The molecular formula is C14H22N4O4S. The van der Waals surface area contributed by atoms with E-state index < -0.39 is 5.97 Å². The highest BCUT2D eigenvalue weighted by Gasteiger charge is 2.27. The minimum atomic E-state index is -0.531. The number of ether oxygens (including phenoxy) is 2. The Hall–Kier alpha value is -1.74. The molecule has 0 saturated carbocycles. The quantitative estimate of drug-likeness (QED) is 0.760. The first-order valence-electron chi connectivity index (χ1n) is 7.38. The first-order valence-corrected chi connectivity index (χ1v) is 8.78. The van der Waals surface area contributed by atoms with Crippen LogP contribution in [0.5, 0.6) is 0 Å². The SMILES string of the molecule is COC(=O)c1c(NC(=O)NC(C)CCSC)nc2n1CCOC2. The van der Waals surface area contributed by atoms with Crippen molar-refractivity contribution >= 4 is 29.6 Å². The highest BCUT2D eigenvalue weighted by molar-refractivity contribution is 7.98. The molecule has 2 N–H and O–H groups in total. The van der Waals surface area contributed by atoms with E-state index in [4.69, 9.17) is 9.47 Å². The molecule has 9 heteroatoms. The Morgan fingerprint density at radius 1 is 1.52 bits per heavy atom. The number of thioether (sulfide) groups is 1. The Morgan fingerprint density at radius 2 is 2.30 bits per heavy atom. The largest absolute Gasteiger partial charge is 0.464 e. The third kappa shape index (κ3) is 4.38. The van der Waals surface area contributed by atoms with Crippen LogP contribution in [-0.2, 0) is 22.6 Å². The van der Waals surface area contributed by atoms with Crippen LogP contribution in [-0.4, -0.2) is 53.3 Å². The number of hydrogen-bond donors (Lipinski definition) is 2. The van der Waals surface area contributed by atoms with Crippen LogP contribution < -0.4 is 10.6 Å². The Labute approximate surface area is 139 Å². The maximum atomic E-state index is 12.1. The Kier molecular flexibility index (Phi) is 6.28. The normalized spacial score (nSPS) is 14.7. The molecule has 1 unspecified atom stereocenters. The van der Waals surface area contributed by atoms with E-state index in [2.05, 4.69) is 15.6 Å². The fourth-order valence-corrected chi connectivity index (χ4v) is 2.88. The van der Waals surface area contributed by atoms with Gasteiger partial charge in [0.25, 0.3) is 0 Å². The summed E-state index contributed by atoms with van der Waals surface area (Å²) in [6.07, 6.45) is 2.89. The Balaban J connectivity index is 2.11. The Bertz CT molecular complexity index is 575. The van der Waals surface area contributed by atoms with Crippen LogP contribution in [0.1, 0.15) is 29.7 Å². The van der Waals surface area contributed by atoms with Gasteiger partial charge in [0, 0.05) is 12.6 Å². The smallest absolute Gasteiger partial charge is 0.358 e. The summed E-state index contributed by atoms with van der Waals surface area (Å²) in [4.78, 5) is 28.4. The van der Waals surface area contributed by atoms with Crippen LogP contribution in [0.2, 0.25) is 0 Å². The molecule has 1 aromatic rings. The van der Waals surface area contributed by atoms with Gasteiger partial charge in [0.1, 0.15) is 12.4 Å². The average molecular weight is 342 g/mol. The lowest BCUT2D eigenvalue weighted by Gasteiger charge is -2.16. The summed E-state index contributed by atoms with van der Waals surface area (Å²) >= 11 is 1.73. The molecular weight excluding hydrogens is 320 g/mol. The standard InChI is InChI=1S/C14H22N4O4S/c1-9(4-7-23-3)15-14(20)17-12-11(13(19)21-2)18-5-6-22-8-10(18)16-12/h9H,4-8H2,1-3H3,(H2,15,17,20). The van der Waals surface area contributed by atoms with E-state index in [9.17, 15) is 9.59 Å². The van der Waals surface area contributed by atoms with Crippen molar-refractivity contribution in [3.8, 4) is 0 Å². The Morgan fingerprint density at radius 3 is 3.00 bits per heavy atom. The number of amides is 2.